The molecule has 1 atom stereocenters. The van der Waals surface area contributed by atoms with Gasteiger partial charge in [-0.2, -0.15) is 0 Å². The summed E-state index contributed by atoms with van der Waals surface area (Å²) in [5.74, 6) is 1.46. The minimum atomic E-state index is 0. The molecular formula is C21H38IN5O. The number of nitrogens with one attached hydrogen (secondary N) is 2. The molecule has 1 fully saturated rings. The molecule has 2 rings (SSSR count). The molecule has 0 saturated carbocycles. The number of halogens is 1. The van der Waals surface area contributed by atoms with Crippen LogP contribution >= 0.6 is 24.0 Å². The van der Waals surface area contributed by atoms with E-state index in [-0.39, 0.29) is 24.0 Å². The molecule has 0 amide bonds. The van der Waals surface area contributed by atoms with Gasteiger partial charge in [0.05, 0.1) is 19.8 Å². The average Bonchev–Trinajstić information content (AvgIpc) is 2.67. The zero-order chi connectivity index (χ0) is 19.6. The zero-order valence-corrected chi connectivity index (χ0v) is 20.4. The highest BCUT2D eigenvalue weighted by Gasteiger charge is 2.23. The van der Waals surface area contributed by atoms with E-state index in [1.165, 1.54) is 11.3 Å². The van der Waals surface area contributed by atoms with E-state index in [0.717, 1.165) is 45.4 Å². The van der Waals surface area contributed by atoms with Crippen molar-refractivity contribution < 1.29 is 4.74 Å². The van der Waals surface area contributed by atoms with Crippen LogP contribution in [0, 0.1) is 5.92 Å². The van der Waals surface area contributed by atoms with E-state index < -0.39 is 0 Å². The summed E-state index contributed by atoms with van der Waals surface area (Å²) >= 11 is 0. The van der Waals surface area contributed by atoms with Crippen LogP contribution in [-0.4, -0.2) is 70.4 Å². The molecule has 7 heteroatoms. The largest absolute Gasteiger partial charge is 0.379 e. The Kier molecular flexibility index (Phi) is 11.8. The summed E-state index contributed by atoms with van der Waals surface area (Å²) in [5.41, 5.74) is 2.42. The van der Waals surface area contributed by atoms with Gasteiger partial charge in [-0.15, -0.1) is 24.0 Å². The van der Waals surface area contributed by atoms with Crippen LogP contribution in [-0.2, 0) is 11.3 Å². The van der Waals surface area contributed by atoms with Crippen LogP contribution in [0.5, 0.6) is 0 Å². The van der Waals surface area contributed by atoms with Crippen molar-refractivity contribution in [2.45, 2.75) is 33.4 Å². The molecule has 1 aromatic carbocycles. The van der Waals surface area contributed by atoms with Crippen molar-refractivity contribution in [3.63, 3.8) is 0 Å². The zero-order valence-electron chi connectivity index (χ0n) is 18.1. The van der Waals surface area contributed by atoms with Crippen molar-refractivity contribution in [2.24, 2.45) is 10.9 Å². The van der Waals surface area contributed by atoms with E-state index in [1.54, 1.807) is 0 Å². The molecule has 1 aliphatic rings. The fraction of sp³-hybridized carbons (Fsp3) is 0.667. The Morgan fingerprint density at radius 1 is 1.21 bits per heavy atom. The van der Waals surface area contributed by atoms with Crippen molar-refractivity contribution in [2.75, 3.05) is 58.4 Å². The van der Waals surface area contributed by atoms with Crippen LogP contribution in [0.15, 0.2) is 29.3 Å². The van der Waals surface area contributed by atoms with Crippen LogP contribution in [0.3, 0.4) is 0 Å². The average molecular weight is 503 g/mol. The van der Waals surface area contributed by atoms with E-state index >= 15 is 0 Å². The van der Waals surface area contributed by atoms with Gasteiger partial charge >= 0.3 is 0 Å². The third-order valence-corrected chi connectivity index (χ3v) is 4.95. The Morgan fingerprint density at radius 3 is 2.54 bits per heavy atom. The Balaban J connectivity index is 0.00000392. The van der Waals surface area contributed by atoms with Crippen molar-refractivity contribution in [1.82, 2.24) is 15.5 Å². The first kappa shape index (κ1) is 25.0. The second-order valence-electron chi connectivity index (χ2n) is 7.60. The maximum atomic E-state index is 5.51. The summed E-state index contributed by atoms with van der Waals surface area (Å²) in [4.78, 5) is 9.44. The first-order chi connectivity index (χ1) is 13.0. The number of nitrogens with zero attached hydrogens (tertiary/aromatic N) is 3. The number of hydrogen-bond acceptors (Lipinski definition) is 4. The minimum absolute atomic E-state index is 0. The van der Waals surface area contributed by atoms with Crippen LogP contribution in [0.2, 0.25) is 0 Å². The highest BCUT2D eigenvalue weighted by Crippen LogP contribution is 2.14. The molecule has 0 aliphatic carbocycles. The summed E-state index contributed by atoms with van der Waals surface area (Å²) in [7, 11) is 4.12. The SMILES string of the molecule is CCNC(=NCc1cccc(N(C)C)c1)NCC(C(C)C)N1CCOCC1.I. The molecule has 1 aromatic rings. The lowest BCUT2D eigenvalue weighted by molar-refractivity contribution is 0.00752. The van der Waals surface area contributed by atoms with Crippen LogP contribution in [0.25, 0.3) is 0 Å². The monoisotopic (exact) mass is 503 g/mol. The molecule has 28 heavy (non-hydrogen) atoms. The standard InChI is InChI=1S/C21H37N5O.HI/c1-6-22-21(23-15-18-8-7-9-19(14-18)25(4)5)24-16-20(17(2)3)26-10-12-27-13-11-26;/h7-9,14,17,20H,6,10-13,15-16H2,1-5H3,(H2,22,23,24);1H. The summed E-state index contributed by atoms with van der Waals surface area (Å²) in [5, 5.41) is 6.93. The Hall–Kier alpha value is -1.06. The van der Waals surface area contributed by atoms with Gasteiger partial charge in [0, 0.05) is 52.0 Å². The Bertz CT molecular complexity index is 588. The minimum Gasteiger partial charge on any atom is -0.379 e. The Morgan fingerprint density at radius 2 is 1.93 bits per heavy atom. The van der Waals surface area contributed by atoms with Gasteiger partial charge in [-0.05, 0) is 30.5 Å². The number of ether oxygens (including phenoxy) is 1. The third kappa shape index (κ3) is 8.13. The number of guanidine groups is 1. The molecule has 1 aliphatic heterocycles. The molecule has 1 heterocycles. The molecular weight excluding hydrogens is 465 g/mol. The predicted molar refractivity (Wildman–Crippen MR) is 130 cm³/mol. The Labute approximate surface area is 188 Å². The number of morpholine rings is 1. The molecule has 0 bridgehead atoms. The van der Waals surface area contributed by atoms with Crippen LogP contribution < -0.4 is 15.5 Å². The van der Waals surface area contributed by atoms with Gasteiger partial charge in [-0.1, -0.05) is 26.0 Å². The van der Waals surface area contributed by atoms with Crippen molar-refractivity contribution in [3.05, 3.63) is 29.8 Å². The maximum Gasteiger partial charge on any atom is 0.191 e. The number of aliphatic imine (C=N–C) groups is 1. The molecule has 0 radical (unpaired) electrons. The predicted octanol–water partition coefficient (Wildman–Crippen LogP) is 2.78. The second kappa shape index (κ2) is 13.2. The van der Waals surface area contributed by atoms with Crippen molar-refractivity contribution >= 4 is 35.6 Å². The van der Waals surface area contributed by atoms with Crippen LogP contribution in [0.1, 0.15) is 26.3 Å². The molecule has 6 nitrogen and oxygen atoms in total. The van der Waals surface area contributed by atoms with Crippen LogP contribution in [0.4, 0.5) is 5.69 Å². The quantitative estimate of drug-likeness (QED) is 0.325. The highest BCUT2D eigenvalue weighted by atomic mass is 127. The first-order valence-corrected chi connectivity index (χ1v) is 10.1. The summed E-state index contributed by atoms with van der Waals surface area (Å²) in [6, 6.07) is 9.01. The number of rotatable bonds is 8. The number of anilines is 1. The van der Waals surface area contributed by atoms with Gasteiger partial charge in [-0.25, -0.2) is 4.99 Å². The van der Waals surface area contributed by atoms with E-state index in [1.807, 2.05) is 0 Å². The second-order valence-corrected chi connectivity index (χ2v) is 7.60. The lowest BCUT2D eigenvalue weighted by Gasteiger charge is -2.37. The molecule has 1 saturated heterocycles. The third-order valence-electron chi connectivity index (χ3n) is 4.95. The normalized spacial score (nSPS) is 16.4. The van der Waals surface area contributed by atoms with E-state index in [2.05, 4.69) is 79.6 Å². The summed E-state index contributed by atoms with van der Waals surface area (Å²) in [6.45, 7) is 12.8. The highest BCUT2D eigenvalue weighted by molar-refractivity contribution is 14.0. The molecule has 1 unspecified atom stereocenters. The van der Waals surface area contributed by atoms with Gasteiger partial charge < -0.3 is 20.3 Å². The van der Waals surface area contributed by atoms with E-state index in [0.29, 0.717) is 18.5 Å². The topological polar surface area (TPSA) is 52.1 Å². The van der Waals surface area contributed by atoms with E-state index in [4.69, 9.17) is 9.73 Å². The maximum absolute atomic E-state index is 5.51. The lowest BCUT2D eigenvalue weighted by atomic mass is 10.0. The molecule has 160 valence electrons. The summed E-state index contributed by atoms with van der Waals surface area (Å²) in [6.07, 6.45) is 0. The number of benzene rings is 1. The summed E-state index contributed by atoms with van der Waals surface area (Å²) < 4.78 is 5.51. The fourth-order valence-corrected chi connectivity index (χ4v) is 3.34. The van der Waals surface area contributed by atoms with Crippen molar-refractivity contribution in [3.8, 4) is 0 Å². The van der Waals surface area contributed by atoms with Gasteiger partial charge in [-0.3, -0.25) is 4.90 Å². The van der Waals surface area contributed by atoms with Gasteiger partial charge in [0.1, 0.15) is 0 Å². The lowest BCUT2D eigenvalue weighted by Crippen LogP contribution is -2.52. The molecule has 0 aromatic heterocycles. The van der Waals surface area contributed by atoms with Gasteiger partial charge in [0.15, 0.2) is 5.96 Å². The van der Waals surface area contributed by atoms with E-state index in [9.17, 15) is 0 Å². The van der Waals surface area contributed by atoms with Gasteiger partial charge in [0.25, 0.3) is 0 Å². The molecule has 0 spiro atoms. The smallest absolute Gasteiger partial charge is 0.191 e. The van der Waals surface area contributed by atoms with Gasteiger partial charge in [0.2, 0.25) is 0 Å². The fourth-order valence-electron chi connectivity index (χ4n) is 3.34. The van der Waals surface area contributed by atoms with Crippen molar-refractivity contribution in [1.29, 1.82) is 0 Å². The molecule has 2 N–H and O–H groups in total. The first-order valence-electron chi connectivity index (χ1n) is 10.1. The number of hydrogen-bond donors (Lipinski definition) is 2.